The second-order valence-electron chi connectivity index (χ2n) is 4.25. The lowest BCUT2D eigenvalue weighted by atomic mass is 10.0. The molecule has 1 saturated heterocycles. The third kappa shape index (κ3) is 3.58. The van der Waals surface area contributed by atoms with Crippen LogP contribution in [0, 0.1) is 5.82 Å². The van der Waals surface area contributed by atoms with Crippen LogP contribution in [-0.4, -0.2) is 22.5 Å². The molecule has 2 unspecified atom stereocenters. The Bertz CT molecular complexity index is 444. The molecule has 2 rings (SSSR count). The van der Waals surface area contributed by atoms with Crippen molar-refractivity contribution in [2.24, 2.45) is 5.73 Å². The molecule has 2 N–H and O–H groups in total. The SMILES string of the molecule is NC(c1ccc(C(F)(F)F)c(F)c1)C1CSCCS1. The number of alkyl halides is 3. The number of rotatable bonds is 2. The van der Waals surface area contributed by atoms with E-state index < -0.39 is 23.6 Å². The second-order valence-corrected chi connectivity index (χ2v) is 6.74. The summed E-state index contributed by atoms with van der Waals surface area (Å²) in [6.07, 6.45) is -4.66. The van der Waals surface area contributed by atoms with Crippen LogP contribution in [0.2, 0.25) is 0 Å². The number of halogens is 4. The molecular formula is C12H13F4NS2. The van der Waals surface area contributed by atoms with Gasteiger partial charge in [0.2, 0.25) is 0 Å². The zero-order valence-electron chi connectivity index (χ0n) is 9.91. The first kappa shape index (κ1) is 15.0. The summed E-state index contributed by atoms with van der Waals surface area (Å²) in [5.41, 5.74) is 5.20. The second kappa shape index (κ2) is 5.93. The maximum Gasteiger partial charge on any atom is 0.419 e. The number of hydrogen-bond donors (Lipinski definition) is 1. The molecule has 1 aliphatic rings. The lowest BCUT2D eigenvalue weighted by molar-refractivity contribution is -0.140. The summed E-state index contributed by atoms with van der Waals surface area (Å²) in [6.45, 7) is 0. The Morgan fingerprint density at radius 1 is 1.26 bits per heavy atom. The molecule has 0 radical (unpaired) electrons. The van der Waals surface area contributed by atoms with E-state index in [1.54, 1.807) is 23.5 Å². The summed E-state index contributed by atoms with van der Waals surface area (Å²) in [5.74, 6) is 1.60. The molecule has 1 heterocycles. The van der Waals surface area contributed by atoms with Crippen molar-refractivity contribution in [3.8, 4) is 0 Å². The first-order valence-corrected chi connectivity index (χ1v) is 7.91. The molecule has 0 bridgehead atoms. The largest absolute Gasteiger partial charge is 0.419 e. The summed E-state index contributed by atoms with van der Waals surface area (Å²) in [6, 6.07) is 2.52. The molecule has 0 aliphatic carbocycles. The van der Waals surface area contributed by atoms with Crippen molar-refractivity contribution in [3.63, 3.8) is 0 Å². The highest BCUT2D eigenvalue weighted by Gasteiger charge is 2.34. The summed E-state index contributed by atoms with van der Waals surface area (Å²) >= 11 is 3.45. The third-order valence-electron chi connectivity index (χ3n) is 2.93. The Hall–Kier alpha value is -0.400. The van der Waals surface area contributed by atoms with E-state index in [2.05, 4.69) is 0 Å². The maximum absolute atomic E-state index is 13.5. The Labute approximate surface area is 117 Å². The average Bonchev–Trinajstić information content (AvgIpc) is 2.37. The van der Waals surface area contributed by atoms with Crippen LogP contribution in [0.5, 0.6) is 0 Å². The van der Waals surface area contributed by atoms with Crippen LogP contribution in [0.1, 0.15) is 17.2 Å². The molecule has 19 heavy (non-hydrogen) atoms. The Balaban J connectivity index is 2.19. The molecule has 1 aliphatic heterocycles. The van der Waals surface area contributed by atoms with Gasteiger partial charge in [-0.2, -0.15) is 36.7 Å². The minimum atomic E-state index is -4.66. The van der Waals surface area contributed by atoms with Crippen molar-refractivity contribution in [2.45, 2.75) is 17.5 Å². The van der Waals surface area contributed by atoms with E-state index in [-0.39, 0.29) is 5.25 Å². The molecule has 1 nitrogen and oxygen atoms in total. The van der Waals surface area contributed by atoms with Gasteiger partial charge in [0.15, 0.2) is 0 Å². The third-order valence-corrected chi connectivity index (χ3v) is 5.81. The van der Waals surface area contributed by atoms with Crippen LogP contribution >= 0.6 is 23.5 Å². The van der Waals surface area contributed by atoms with Gasteiger partial charge in [0, 0.05) is 28.6 Å². The Morgan fingerprint density at radius 3 is 2.53 bits per heavy atom. The van der Waals surface area contributed by atoms with Gasteiger partial charge in [-0.25, -0.2) is 4.39 Å². The van der Waals surface area contributed by atoms with E-state index in [9.17, 15) is 17.6 Å². The molecule has 2 atom stereocenters. The van der Waals surface area contributed by atoms with E-state index in [4.69, 9.17) is 5.73 Å². The lowest BCUT2D eigenvalue weighted by Crippen LogP contribution is -2.29. The molecule has 7 heteroatoms. The zero-order valence-corrected chi connectivity index (χ0v) is 11.5. The molecule has 0 amide bonds. The maximum atomic E-state index is 13.5. The van der Waals surface area contributed by atoms with Crippen molar-refractivity contribution in [1.29, 1.82) is 0 Å². The molecular weight excluding hydrogens is 298 g/mol. The van der Waals surface area contributed by atoms with Gasteiger partial charge in [0.05, 0.1) is 5.56 Å². The van der Waals surface area contributed by atoms with Gasteiger partial charge in [0.25, 0.3) is 0 Å². The van der Waals surface area contributed by atoms with E-state index in [1.807, 2.05) is 0 Å². The zero-order chi connectivity index (χ0) is 14.0. The molecule has 1 aromatic rings. The van der Waals surface area contributed by atoms with Crippen molar-refractivity contribution in [2.75, 3.05) is 17.3 Å². The van der Waals surface area contributed by atoms with Gasteiger partial charge in [-0.3, -0.25) is 0 Å². The van der Waals surface area contributed by atoms with Crippen molar-refractivity contribution < 1.29 is 17.6 Å². The molecule has 1 aromatic carbocycles. The highest BCUT2D eigenvalue weighted by atomic mass is 32.2. The minimum absolute atomic E-state index is 0.120. The fourth-order valence-electron chi connectivity index (χ4n) is 1.90. The standard InChI is InChI=1S/C12H13F4NS2/c13-9-5-7(1-2-8(9)12(14,15)16)11(17)10-6-18-3-4-19-10/h1-2,5,10-11H,3-4,6,17H2. The van der Waals surface area contributed by atoms with E-state index in [0.29, 0.717) is 5.56 Å². The average molecular weight is 311 g/mol. The van der Waals surface area contributed by atoms with Crippen LogP contribution in [0.4, 0.5) is 17.6 Å². The summed E-state index contributed by atoms with van der Waals surface area (Å²) in [4.78, 5) is 0. The highest BCUT2D eigenvalue weighted by molar-refractivity contribution is 8.06. The molecule has 0 spiro atoms. The van der Waals surface area contributed by atoms with Gasteiger partial charge in [-0.1, -0.05) is 6.07 Å². The van der Waals surface area contributed by atoms with Crippen molar-refractivity contribution in [3.05, 3.63) is 35.1 Å². The van der Waals surface area contributed by atoms with Gasteiger partial charge < -0.3 is 5.73 Å². The highest BCUT2D eigenvalue weighted by Crippen LogP contribution is 2.35. The van der Waals surface area contributed by atoms with Crippen LogP contribution in [0.15, 0.2) is 18.2 Å². The van der Waals surface area contributed by atoms with Crippen molar-refractivity contribution >= 4 is 23.5 Å². The summed E-state index contributed by atoms with van der Waals surface area (Å²) in [5, 5.41) is 0.120. The normalized spacial score (nSPS) is 22.3. The van der Waals surface area contributed by atoms with Crippen LogP contribution in [0.3, 0.4) is 0 Å². The predicted octanol–water partition coefficient (Wildman–Crippen LogP) is 3.69. The fraction of sp³-hybridized carbons (Fsp3) is 0.500. The first-order chi connectivity index (χ1) is 8.89. The Morgan fingerprint density at radius 2 is 2.00 bits per heavy atom. The van der Waals surface area contributed by atoms with E-state index in [0.717, 1.165) is 29.4 Å². The monoisotopic (exact) mass is 311 g/mol. The summed E-state index contributed by atoms with van der Waals surface area (Å²) < 4.78 is 50.9. The Kier molecular flexibility index (Phi) is 4.68. The number of hydrogen-bond acceptors (Lipinski definition) is 3. The van der Waals surface area contributed by atoms with E-state index in [1.165, 1.54) is 6.07 Å². The van der Waals surface area contributed by atoms with Crippen LogP contribution in [0.25, 0.3) is 0 Å². The lowest BCUT2D eigenvalue weighted by Gasteiger charge is -2.27. The molecule has 106 valence electrons. The predicted molar refractivity (Wildman–Crippen MR) is 71.9 cm³/mol. The van der Waals surface area contributed by atoms with Gasteiger partial charge in [-0.05, 0) is 17.7 Å². The van der Waals surface area contributed by atoms with Gasteiger partial charge in [0.1, 0.15) is 5.82 Å². The van der Waals surface area contributed by atoms with E-state index >= 15 is 0 Å². The fourth-order valence-corrected chi connectivity index (χ4v) is 4.70. The molecule has 1 fully saturated rings. The van der Waals surface area contributed by atoms with Crippen LogP contribution < -0.4 is 5.73 Å². The van der Waals surface area contributed by atoms with Gasteiger partial charge in [-0.15, -0.1) is 0 Å². The number of thioether (sulfide) groups is 2. The summed E-state index contributed by atoms with van der Waals surface area (Å²) in [7, 11) is 0. The smallest absolute Gasteiger partial charge is 0.323 e. The minimum Gasteiger partial charge on any atom is -0.323 e. The number of nitrogens with two attached hydrogens (primary N) is 1. The first-order valence-electron chi connectivity index (χ1n) is 5.71. The van der Waals surface area contributed by atoms with Crippen molar-refractivity contribution in [1.82, 2.24) is 0 Å². The quantitative estimate of drug-likeness (QED) is 0.844. The molecule has 0 saturated carbocycles. The topological polar surface area (TPSA) is 26.0 Å². The number of benzene rings is 1. The van der Waals surface area contributed by atoms with Gasteiger partial charge >= 0.3 is 6.18 Å². The molecule has 0 aromatic heterocycles. The van der Waals surface area contributed by atoms with Crippen LogP contribution in [-0.2, 0) is 6.18 Å².